The van der Waals surface area contributed by atoms with Gasteiger partial charge in [0.1, 0.15) is 16.8 Å². The highest BCUT2D eigenvalue weighted by Crippen LogP contribution is 2.34. The minimum atomic E-state index is -0.0477. The molecule has 0 radical (unpaired) electrons. The Hall–Kier alpha value is -2.19. The molecule has 2 aromatic heterocycles. The standard InChI is InChI=1S/C18H20N4S/c1-10-7-11(2)14(12(3)8-10)15-13(9-19)22-17(20-15)23-16(21-22)18(4,5)6/h7-8H,1-6H3. The van der Waals surface area contributed by atoms with Gasteiger partial charge in [-0.15, -0.1) is 0 Å². The summed E-state index contributed by atoms with van der Waals surface area (Å²) in [5.41, 5.74) is 5.75. The van der Waals surface area contributed by atoms with Gasteiger partial charge < -0.3 is 0 Å². The third kappa shape index (κ3) is 2.53. The summed E-state index contributed by atoms with van der Waals surface area (Å²) >= 11 is 1.55. The average Bonchev–Trinajstić information content (AvgIpc) is 2.94. The maximum absolute atomic E-state index is 9.67. The van der Waals surface area contributed by atoms with Crippen molar-refractivity contribution in [2.45, 2.75) is 47.0 Å². The quantitative estimate of drug-likeness (QED) is 0.659. The number of hydrogen-bond acceptors (Lipinski definition) is 4. The largest absolute Gasteiger partial charge is 0.216 e. The number of aryl methyl sites for hydroxylation is 3. The molecule has 0 saturated carbocycles. The fourth-order valence-electron chi connectivity index (χ4n) is 2.88. The molecule has 0 spiro atoms. The molecule has 118 valence electrons. The highest BCUT2D eigenvalue weighted by atomic mass is 32.1. The van der Waals surface area contributed by atoms with Gasteiger partial charge in [0.25, 0.3) is 0 Å². The lowest BCUT2D eigenvalue weighted by atomic mass is 9.96. The molecular weight excluding hydrogens is 304 g/mol. The SMILES string of the molecule is Cc1cc(C)c(-c2nc3sc(C(C)(C)C)nn3c2C#N)c(C)c1. The fraction of sp³-hybridized carbons (Fsp3) is 0.389. The van der Waals surface area contributed by atoms with Gasteiger partial charge in [-0.3, -0.25) is 0 Å². The summed E-state index contributed by atoms with van der Waals surface area (Å²) in [6, 6.07) is 6.56. The molecule has 23 heavy (non-hydrogen) atoms. The number of aromatic nitrogens is 3. The van der Waals surface area contributed by atoms with Gasteiger partial charge in [-0.2, -0.15) is 14.9 Å². The summed E-state index contributed by atoms with van der Waals surface area (Å²) in [5.74, 6) is 0. The first kappa shape index (κ1) is 15.7. The van der Waals surface area contributed by atoms with Crippen molar-refractivity contribution in [1.82, 2.24) is 14.6 Å². The molecule has 1 aromatic carbocycles. The van der Waals surface area contributed by atoms with E-state index in [1.807, 2.05) is 0 Å². The van der Waals surface area contributed by atoms with E-state index in [4.69, 9.17) is 4.98 Å². The molecule has 0 fully saturated rings. The zero-order valence-electron chi connectivity index (χ0n) is 14.4. The lowest BCUT2D eigenvalue weighted by molar-refractivity contribution is 0.573. The number of fused-ring (bicyclic) bond motifs is 1. The summed E-state index contributed by atoms with van der Waals surface area (Å²) < 4.78 is 1.69. The third-order valence-corrected chi connectivity index (χ3v) is 5.20. The van der Waals surface area contributed by atoms with Crippen LogP contribution in [0, 0.1) is 32.1 Å². The van der Waals surface area contributed by atoms with Crippen LogP contribution in [0.2, 0.25) is 0 Å². The van der Waals surface area contributed by atoms with Crippen molar-refractivity contribution in [2.75, 3.05) is 0 Å². The Balaban J connectivity index is 2.29. The van der Waals surface area contributed by atoms with Crippen molar-refractivity contribution in [3.8, 4) is 17.3 Å². The molecule has 0 N–H and O–H groups in total. The van der Waals surface area contributed by atoms with E-state index in [1.165, 1.54) is 5.56 Å². The van der Waals surface area contributed by atoms with Crippen LogP contribution in [-0.4, -0.2) is 14.6 Å². The zero-order valence-corrected chi connectivity index (χ0v) is 15.2. The smallest absolute Gasteiger partial charge is 0.214 e. The van der Waals surface area contributed by atoms with Crippen molar-refractivity contribution in [2.24, 2.45) is 0 Å². The predicted molar refractivity (Wildman–Crippen MR) is 93.9 cm³/mol. The number of nitrogens with zero attached hydrogens (tertiary/aromatic N) is 4. The number of hydrogen-bond donors (Lipinski definition) is 0. The zero-order chi connectivity index (χ0) is 16.9. The highest BCUT2D eigenvalue weighted by molar-refractivity contribution is 7.16. The number of rotatable bonds is 1. The molecule has 3 rings (SSSR count). The summed E-state index contributed by atoms with van der Waals surface area (Å²) in [4.78, 5) is 5.51. The Labute approximate surface area is 140 Å². The molecule has 0 aliphatic rings. The van der Waals surface area contributed by atoms with Gasteiger partial charge in [0.2, 0.25) is 4.96 Å². The summed E-state index contributed by atoms with van der Waals surface area (Å²) in [6.45, 7) is 12.6. The van der Waals surface area contributed by atoms with E-state index in [9.17, 15) is 5.26 Å². The van der Waals surface area contributed by atoms with Crippen LogP contribution in [0.15, 0.2) is 12.1 Å². The predicted octanol–water partition coefficient (Wildman–Crippen LogP) is 4.55. The Morgan fingerprint density at radius 2 is 1.74 bits per heavy atom. The molecule has 2 heterocycles. The lowest BCUT2D eigenvalue weighted by Gasteiger charge is -2.13. The molecule has 0 saturated heterocycles. The van der Waals surface area contributed by atoms with E-state index in [1.54, 1.807) is 15.9 Å². The van der Waals surface area contributed by atoms with Crippen LogP contribution in [0.4, 0.5) is 0 Å². The maximum Gasteiger partial charge on any atom is 0.214 e. The van der Waals surface area contributed by atoms with Crippen LogP contribution < -0.4 is 0 Å². The van der Waals surface area contributed by atoms with Gasteiger partial charge in [-0.05, 0) is 31.9 Å². The summed E-state index contributed by atoms with van der Waals surface area (Å²) in [6.07, 6.45) is 0. The molecule has 3 aromatic rings. The van der Waals surface area contributed by atoms with Crippen molar-refractivity contribution in [1.29, 1.82) is 5.26 Å². The minimum Gasteiger partial charge on any atom is -0.216 e. The second-order valence-electron chi connectivity index (χ2n) is 7.05. The molecule has 0 atom stereocenters. The topological polar surface area (TPSA) is 54.0 Å². The van der Waals surface area contributed by atoms with Gasteiger partial charge in [-0.1, -0.05) is 49.8 Å². The Morgan fingerprint density at radius 3 is 2.26 bits per heavy atom. The van der Waals surface area contributed by atoms with Gasteiger partial charge >= 0.3 is 0 Å². The lowest BCUT2D eigenvalue weighted by Crippen LogP contribution is -2.11. The van der Waals surface area contributed by atoms with Crippen LogP contribution in [-0.2, 0) is 5.41 Å². The van der Waals surface area contributed by atoms with Crippen molar-refractivity contribution >= 4 is 16.3 Å². The Bertz CT molecular complexity index is 925. The van der Waals surface area contributed by atoms with Gasteiger partial charge in [-0.25, -0.2) is 4.98 Å². The normalized spacial score (nSPS) is 11.9. The third-order valence-electron chi connectivity index (χ3n) is 3.86. The molecule has 0 aliphatic carbocycles. The number of benzene rings is 1. The Morgan fingerprint density at radius 1 is 1.13 bits per heavy atom. The highest BCUT2D eigenvalue weighted by Gasteiger charge is 2.24. The van der Waals surface area contributed by atoms with E-state index in [0.717, 1.165) is 32.4 Å². The molecule has 5 heteroatoms. The first-order valence-corrected chi connectivity index (χ1v) is 8.42. The van der Waals surface area contributed by atoms with Gasteiger partial charge in [0.15, 0.2) is 5.69 Å². The van der Waals surface area contributed by atoms with E-state index >= 15 is 0 Å². The Kier molecular flexibility index (Phi) is 3.53. The maximum atomic E-state index is 9.67. The second-order valence-corrected chi connectivity index (χ2v) is 8.00. The van der Waals surface area contributed by atoms with E-state index in [0.29, 0.717) is 5.69 Å². The second kappa shape index (κ2) is 5.17. The van der Waals surface area contributed by atoms with E-state index < -0.39 is 0 Å². The average molecular weight is 324 g/mol. The van der Waals surface area contributed by atoms with Gasteiger partial charge in [0, 0.05) is 11.0 Å². The van der Waals surface area contributed by atoms with E-state index in [-0.39, 0.29) is 5.41 Å². The fourth-order valence-corrected chi connectivity index (χ4v) is 3.84. The first-order chi connectivity index (χ1) is 10.7. The van der Waals surface area contributed by atoms with Gasteiger partial charge in [0.05, 0.1) is 0 Å². The van der Waals surface area contributed by atoms with Crippen LogP contribution >= 0.6 is 11.3 Å². The van der Waals surface area contributed by atoms with Crippen molar-refractivity contribution in [3.05, 3.63) is 39.5 Å². The number of imidazole rings is 1. The molecule has 0 aliphatic heterocycles. The van der Waals surface area contributed by atoms with Crippen LogP contribution in [0.25, 0.3) is 16.2 Å². The molecule has 0 bridgehead atoms. The minimum absolute atomic E-state index is 0.0477. The molecule has 0 unspecified atom stereocenters. The molecule has 4 nitrogen and oxygen atoms in total. The van der Waals surface area contributed by atoms with Crippen LogP contribution in [0.5, 0.6) is 0 Å². The van der Waals surface area contributed by atoms with Crippen LogP contribution in [0.1, 0.15) is 48.2 Å². The summed E-state index contributed by atoms with van der Waals surface area (Å²) in [5, 5.41) is 15.3. The van der Waals surface area contributed by atoms with Crippen molar-refractivity contribution < 1.29 is 0 Å². The van der Waals surface area contributed by atoms with E-state index in [2.05, 4.69) is 64.8 Å². The van der Waals surface area contributed by atoms with Crippen LogP contribution in [0.3, 0.4) is 0 Å². The first-order valence-electron chi connectivity index (χ1n) is 7.60. The summed E-state index contributed by atoms with van der Waals surface area (Å²) in [7, 11) is 0. The molecular formula is C18H20N4S. The monoisotopic (exact) mass is 324 g/mol. The molecule has 0 amide bonds. The van der Waals surface area contributed by atoms with Crippen molar-refractivity contribution in [3.63, 3.8) is 0 Å². The number of nitriles is 1.